The van der Waals surface area contributed by atoms with Gasteiger partial charge in [0.05, 0.1) is 12.3 Å². The third-order valence-corrected chi connectivity index (χ3v) is 3.07. The Morgan fingerprint density at radius 3 is 2.41 bits per heavy atom. The van der Waals surface area contributed by atoms with E-state index in [1.54, 1.807) is 12.4 Å². The van der Waals surface area contributed by atoms with Crippen molar-refractivity contribution in [2.45, 2.75) is 64.4 Å². The first-order valence-corrected chi connectivity index (χ1v) is 6.79. The molecule has 3 nitrogen and oxygen atoms in total. The summed E-state index contributed by atoms with van der Waals surface area (Å²) in [6.07, 6.45) is 12.7. The minimum Gasteiger partial charge on any atom is -0.388 e. The van der Waals surface area contributed by atoms with Gasteiger partial charge in [-0.1, -0.05) is 51.9 Å². The molecule has 0 saturated carbocycles. The van der Waals surface area contributed by atoms with E-state index in [0.717, 1.165) is 18.4 Å². The van der Waals surface area contributed by atoms with Crippen LogP contribution in [0.5, 0.6) is 0 Å². The lowest BCUT2D eigenvalue weighted by atomic mass is 10.0. The topological polar surface area (TPSA) is 46.0 Å². The van der Waals surface area contributed by atoms with Crippen molar-refractivity contribution in [3.05, 3.63) is 24.0 Å². The fourth-order valence-corrected chi connectivity index (χ4v) is 1.96. The number of nitrogens with zero attached hydrogens (tertiary/aromatic N) is 2. The summed E-state index contributed by atoms with van der Waals surface area (Å²) in [5.74, 6) is 0. The van der Waals surface area contributed by atoms with E-state index < -0.39 is 0 Å². The Kier molecular flexibility index (Phi) is 7.56. The molecule has 3 heteroatoms. The largest absolute Gasteiger partial charge is 0.388 e. The Morgan fingerprint density at radius 1 is 1.06 bits per heavy atom. The van der Waals surface area contributed by atoms with Crippen LogP contribution in [0.2, 0.25) is 0 Å². The average molecular weight is 236 g/mol. The Balaban J connectivity index is 2.03. The first-order valence-electron chi connectivity index (χ1n) is 6.79. The average Bonchev–Trinajstić information content (AvgIpc) is 2.38. The second-order valence-corrected chi connectivity index (χ2v) is 4.60. The lowest BCUT2D eigenvalue weighted by Gasteiger charge is -2.09. The minimum absolute atomic E-state index is 0.374. The van der Waals surface area contributed by atoms with Crippen molar-refractivity contribution in [2.75, 3.05) is 0 Å². The van der Waals surface area contributed by atoms with Crippen LogP contribution in [-0.2, 0) is 0 Å². The van der Waals surface area contributed by atoms with Crippen molar-refractivity contribution >= 4 is 0 Å². The molecule has 0 saturated heterocycles. The third-order valence-electron chi connectivity index (χ3n) is 3.07. The van der Waals surface area contributed by atoms with E-state index in [4.69, 9.17) is 0 Å². The van der Waals surface area contributed by atoms with Gasteiger partial charge in [-0.25, -0.2) is 0 Å². The molecule has 0 amide bonds. The molecule has 1 unspecified atom stereocenters. The molecule has 1 aromatic heterocycles. The molecule has 0 fully saturated rings. The normalized spacial score (nSPS) is 12.6. The molecule has 0 spiro atoms. The summed E-state index contributed by atoms with van der Waals surface area (Å²) in [7, 11) is 0. The molecular weight excluding hydrogens is 212 g/mol. The summed E-state index contributed by atoms with van der Waals surface area (Å²) in [5, 5.41) is 17.4. The SMILES string of the molecule is CCCCCCCCCC(O)c1ccnnc1. The zero-order valence-corrected chi connectivity index (χ0v) is 10.8. The molecule has 0 bridgehead atoms. The smallest absolute Gasteiger partial charge is 0.0806 e. The van der Waals surface area contributed by atoms with Gasteiger partial charge < -0.3 is 5.11 Å². The number of hydrogen-bond donors (Lipinski definition) is 1. The van der Waals surface area contributed by atoms with Crippen LogP contribution in [0.25, 0.3) is 0 Å². The predicted octanol–water partition coefficient (Wildman–Crippen LogP) is 3.65. The van der Waals surface area contributed by atoms with E-state index in [1.807, 2.05) is 6.07 Å². The molecule has 1 rings (SSSR count). The van der Waals surface area contributed by atoms with Gasteiger partial charge in [-0.05, 0) is 12.5 Å². The number of unbranched alkanes of at least 4 members (excludes halogenated alkanes) is 6. The highest BCUT2D eigenvalue weighted by atomic mass is 16.3. The van der Waals surface area contributed by atoms with Crippen LogP contribution >= 0.6 is 0 Å². The molecule has 1 heterocycles. The van der Waals surface area contributed by atoms with Crippen LogP contribution < -0.4 is 0 Å². The molecular formula is C14H24N2O. The van der Waals surface area contributed by atoms with Gasteiger partial charge in [0.2, 0.25) is 0 Å². The van der Waals surface area contributed by atoms with Gasteiger partial charge in [0, 0.05) is 11.8 Å². The van der Waals surface area contributed by atoms with Crippen molar-refractivity contribution in [2.24, 2.45) is 0 Å². The van der Waals surface area contributed by atoms with E-state index in [1.165, 1.54) is 38.5 Å². The fraction of sp³-hybridized carbons (Fsp3) is 0.714. The molecule has 1 atom stereocenters. The minimum atomic E-state index is -0.374. The van der Waals surface area contributed by atoms with Gasteiger partial charge in [-0.15, -0.1) is 0 Å². The first-order chi connectivity index (χ1) is 8.34. The highest BCUT2D eigenvalue weighted by molar-refractivity contribution is 5.08. The molecule has 0 aliphatic carbocycles. The third kappa shape index (κ3) is 6.37. The molecule has 1 N–H and O–H groups in total. The van der Waals surface area contributed by atoms with E-state index in [9.17, 15) is 5.11 Å². The molecule has 0 aliphatic rings. The van der Waals surface area contributed by atoms with Crippen LogP contribution in [0, 0.1) is 0 Å². The number of rotatable bonds is 9. The van der Waals surface area contributed by atoms with Gasteiger partial charge in [0.15, 0.2) is 0 Å². The monoisotopic (exact) mass is 236 g/mol. The highest BCUT2D eigenvalue weighted by Gasteiger charge is 2.06. The van der Waals surface area contributed by atoms with Crippen LogP contribution in [0.15, 0.2) is 18.5 Å². The number of aliphatic hydroxyl groups excluding tert-OH is 1. The van der Waals surface area contributed by atoms with Gasteiger partial charge in [0.1, 0.15) is 0 Å². The maximum Gasteiger partial charge on any atom is 0.0806 e. The fourth-order valence-electron chi connectivity index (χ4n) is 1.96. The quantitative estimate of drug-likeness (QED) is 0.666. The van der Waals surface area contributed by atoms with E-state index in [2.05, 4.69) is 17.1 Å². The summed E-state index contributed by atoms with van der Waals surface area (Å²) in [4.78, 5) is 0. The lowest BCUT2D eigenvalue weighted by Crippen LogP contribution is -1.98. The molecule has 1 aromatic rings. The second kappa shape index (κ2) is 9.11. The van der Waals surface area contributed by atoms with Gasteiger partial charge >= 0.3 is 0 Å². The Morgan fingerprint density at radius 2 is 1.76 bits per heavy atom. The summed E-state index contributed by atoms with van der Waals surface area (Å²) < 4.78 is 0. The van der Waals surface area contributed by atoms with Gasteiger partial charge in [-0.2, -0.15) is 10.2 Å². The summed E-state index contributed by atoms with van der Waals surface area (Å²) in [5.41, 5.74) is 0.881. The zero-order chi connectivity index (χ0) is 12.3. The molecule has 0 aromatic carbocycles. The predicted molar refractivity (Wildman–Crippen MR) is 69.6 cm³/mol. The summed E-state index contributed by atoms with van der Waals surface area (Å²) >= 11 is 0. The maximum absolute atomic E-state index is 9.89. The summed E-state index contributed by atoms with van der Waals surface area (Å²) in [6.45, 7) is 2.24. The zero-order valence-electron chi connectivity index (χ0n) is 10.8. The Hall–Kier alpha value is -0.960. The molecule has 0 aliphatic heterocycles. The van der Waals surface area contributed by atoms with Gasteiger partial charge in [0.25, 0.3) is 0 Å². The van der Waals surface area contributed by atoms with Crippen LogP contribution in [0.3, 0.4) is 0 Å². The Bertz CT molecular complexity index is 277. The van der Waals surface area contributed by atoms with Crippen molar-refractivity contribution < 1.29 is 5.11 Å². The Labute approximate surface area is 104 Å². The van der Waals surface area contributed by atoms with Crippen molar-refractivity contribution in [3.63, 3.8) is 0 Å². The van der Waals surface area contributed by atoms with Crippen molar-refractivity contribution in [1.82, 2.24) is 10.2 Å². The first kappa shape index (κ1) is 14.1. The van der Waals surface area contributed by atoms with E-state index >= 15 is 0 Å². The second-order valence-electron chi connectivity index (χ2n) is 4.60. The highest BCUT2D eigenvalue weighted by Crippen LogP contribution is 2.18. The van der Waals surface area contributed by atoms with Crippen LogP contribution in [0.1, 0.15) is 70.0 Å². The maximum atomic E-state index is 9.89. The number of hydrogen-bond acceptors (Lipinski definition) is 3. The molecule has 17 heavy (non-hydrogen) atoms. The number of aromatic nitrogens is 2. The number of aliphatic hydroxyl groups is 1. The van der Waals surface area contributed by atoms with E-state index in [0.29, 0.717) is 0 Å². The molecule has 0 radical (unpaired) electrons. The van der Waals surface area contributed by atoms with Crippen molar-refractivity contribution in [1.29, 1.82) is 0 Å². The van der Waals surface area contributed by atoms with Gasteiger partial charge in [-0.3, -0.25) is 0 Å². The van der Waals surface area contributed by atoms with Crippen LogP contribution in [0.4, 0.5) is 0 Å². The van der Waals surface area contributed by atoms with E-state index in [-0.39, 0.29) is 6.10 Å². The molecule has 96 valence electrons. The van der Waals surface area contributed by atoms with Crippen molar-refractivity contribution in [3.8, 4) is 0 Å². The lowest BCUT2D eigenvalue weighted by molar-refractivity contribution is 0.162. The summed E-state index contributed by atoms with van der Waals surface area (Å²) in [6, 6.07) is 1.83. The van der Waals surface area contributed by atoms with Crippen LogP contribution in [-0.4, -0.2) is 15.3 Å². The standard InChI is InChI=1S/C14H24N2O/c1-2-3-4-5-6-7-8-9-14(17)13-10-11-15-16-12-13/h10-12,14,17H,2-9H2,1H3.